The van der Waals surface area contributed by atoms with Gasteiger partial charge in [0.15, 0.2) is 22.5 Å². The number of benzene rings is 1. The van der Waals surface area contributed by atoms with Crippen LogP contribution >= 0.6 is 34.9 Å². The van der Waals surface area contributed by atoms with E-state index in [9.17, 15) is 14.4 Å². The van der Waals surface area contributed by atoms with E-state index in [0.29, 0.717) is 21.7 Å². The molecule has 0 aliphatic rings. The molecule has 0 radical (unpaired) electrons. The fraction of sp³-hybridized carbons (Fsp3) is 0.167. The molecule has 2 aromatic heterocycles. The van der Waals surface area contributed by atoms with Gasteiger partial charge in [-0.25, -0.2) is 4.98 Å². The van der Waals surface area contributed by atoms with Crippen LogP contribution in [0.25, 0.3) is 0 Å². The summed E-state index contributed by atoms with van der Waals surface area (Å²) in [5, 5.41) is 5.11. The molecule has 32 heavy (non-hydrogen) atoms. The van der Waals surface area contributed by atoms with Gasteiger partial charge in [0.25, 0.3) is 11.5 Å². The molecular formula is C18H17ClN6O5S2. The minimum absolute atomic E-state index is 0.0606. The van der Waals surface area contributed by atoms with Crippen LogP contribution in [0.1, 0.15) is 10.4 Å². The van der Waals surface area contributed by atoms with Gasteiger partial charge in [-0.15, -0.1) is 0 Å². The Kier molecular flexibility index (Phi) is 7.56. The van der Waals surface area contributed by atoms with Crippen LogP contribution in [0.2, 0.25) is 4.34 Å². The lowest BCUT2D eigenvalue weighted by atomic mass is 10.2. The van der Waals surface area contributed by atoms with Gasteiger partial charge >= 0.3 is 0 Å². The lowest BCUT2D eigenvalue weighted by Gasteiger charge is -2.11. The maximum atomic E-state index is 12.5. The van der Waals surface area contributed by atoms with Crippen LogP contribution in [0.4, 0.5) is 17.3 Å². The summed E-state index contributed by atoms with van der Waals surface area (Å²) in [6.45, 7) is 0. The van der Waals surface area contributed by atoms with Gasteiger partial charge in [-0.1, -0.05) is 23.4 Å². The number of thioether (sulfide) groups is 1. The molecule has 0 unspecified atom stereocenters. The van der Waals surface area contributed by atoms with Gasteiger partial charge in [0, 0.05) is 11.6 Å². The third-order valence-electron chi connectivity index (χ3n) is 3.90. The molecule has 0 atom stereocenters. The molecule has 2 amide bonds. The van der Waals surface area contributed by atoms with Gasteiger partial charge in [-0.2, -0.15) is 4.37 Å². The molecule has 2 heterocycles. The Hall–Kier alpha value is -3.29. The first-order valence-electron chi connectivity index (χ1n) is 8.78. The summed E-state index contributed by atoms with van der Waals surface area (Å²) in [6.07, 6.45) is 0. The van der Waals surface area contributed by atoms with E-state index >= 15 is 0 Å². The van der Waals surface area contributed by atoms with E-state index < -0.39 is 11.5 Å². The molecule has 0 aliphatic carbocycles. The van der Waals surface area contributed by atoms with Crippen molar-refractivity contribution >= 4 is 64.0 Å². The molecule has 1 aromatic carbocycles. The lowest BCUT2D eigenvalue weighted by molar-refractivity contribution is -0.113. The standard InChI is InChI=1S/C18H17ClN6O5S2/c1-29-9-4-3-8(5-10(9)30-2)16(27)22-14-15(20)23-18(24-17(14)28)31-7-13(26)21-12-6-11(19)32-25-12/h3-6H,7H2,1-2H3,(H,22,27)(H,21,25,26)(H3,20,23,24,28). The van der Waals surface area contributed by atoms with Crippen molar-refractivity contribution in [2.24, 2.45) is 0 Å². The van der Waals surface area contributed by atoms with E-state index in [1.165, 1.54) is 32.4 Å². The van der Waals surface area contributed by atoms with Gasteiger partial charge in [-0.05, 0) is 29.7 Å². The Labute approximate surface area is 194 Å². The van der Waals surface area contributed by atoms with Crippen LogP contribution in [-0.4, -0.2) is 46.1 Å². The minimum Gasteiger partial charge on any atom is -0.493 e. The van der Waals surface area contributed by atoms with Gasteiger partial charge in [0.05, 0.1) is 20.0 Å². The van der Waals surface area contributed by atoms with E-state index in [1.807, 2.05) is 0 Å². The summed E-state index contributed by atoms with van der Waals surface area (Å²) < 4.78 is 14.7. The summed E-state index contributed by atoms with van der Waals surface area (Å²) in [6, 6.07) is 6.05. The predicted octanol–water partition coefficient (Wildman–Crippen LogP) is 2.46. The number of rotatable bonds is 8. The summed E-state index contributed by atoms with van der Waals surface area (Å²) in [7, 11) is 2.91. The number of nitrogens with zero attached hydrogens (tertiary/aromatic N) is 2. The number of hydrogen-bond acceptors (Lipinski definition) is 10. The van der Waals surface area contributed by atoms with Gasteiger partial charge < -0.3 is 25.8 Å². The van der Waals surface area contributed by atoms with E-state index in [4.69, 9.17) is 26.8 Å². The van der Waals surface area contributed by atoms with Gasteiger partial charge in [0.1, 0.15) is 15.8 Å². The van der Waals surface area contributed by atoms with Crippen molar-refractivity contribution in [1.82, 2.24) is 14.3 Å². The summed E-state index contributed by atoms with van der Waals surface area (Å²) in [5.74, 6) is -0.0850. The van der Waals surface area contributed by atoms with Crippen LogP contribution in [0.3, 0.4) is 0 Å². The smallest absolute Gasteiger partial charge is 0.277 e. The van der Waals surface area contributed by atoms with Crippen LogP contribution in [0, 0.1) is 0 Å². The molecule has 5 N–H and O–H groups in total. The molecule has 0 fully saturated rings. The van der Waals surface area contributed by atoms with Crippen molar-refractivity contribution < 1.29 is 19.1 Å². The maximum Gasteiger partial charge on any atom is 0.277 e. The van der Waals surface area contributed by atoms with Crippen molar-refractivity contribution in [3.63, 3.8) is 0 Å². The first kappa shape index (κ1) is 23.4. The minimum atomic E-state index is -0.666. The molecule has 3 aromatic rings. The molecule has 0 saturated heterocycles. The van der Waals surface area contributed by atoms with Crippen molar-refractivity contribution in [3.8, 4) is 11.5 Å². The number of halogens is 1. The zero-order valence-corrected chi connectivity index (χ0v) is 19.1. The zero-order chi connectivity index (χ0) is 23.3. The highest BCUT2D eigenvalue weighted by molar-refractivity contribution is 7.99. The fourth-order valence-corrected chi connectivity index (χ4v) is 3.77. The number of aromatic amines is 1. The van der Waals surface area contributed by atoms with E-state index in [1.54, 1.807) is 6.07 Å². The molecule has 3 rings (SSSR count). The van der Waals surface area contributed by atoms with Crippen molar-refractivity contribution in [1.29, 1.82) is 0 Å². The van der Waals surface area contributed by atoms with Gasteiger partial charge in [-0.3, -0.25) is 19.4 Å². The number of amides is 2. The van der Waals surface area contributed by atoms with Crippen LogP contribution < -0.4 is 31.4 Å². The number of nitrogen functional groups attached to an aromatic ring is 1. The second-order valence-corrected chi connectivity index (χ2v) is 8.41. The van der Waals surface area contributed by atoms with E-state index in [0.717, 1.165) is 23.3 Å². The topological polar surface area (TPSA) is 161 Å². The van der Waals surface area contributed by atoms with E-state index in [2.05, 4.69) is 25.0 Å². The predicted molar refractivity (Wildman–Crippen MR) is 123 cm³/mol. The lowest BCUT2D eigenvalue weighted by Crippen LogP contribution is -2.23. The SMILES string of the molecule is COc1ccc(C(=O)Nc2c(N)nc(SCC(=O)Nc3cc(Cl)sn3)[nH]c2=O)cc1OC. The first-order valence-corrected chi connectivity index (χ1v) is 10.9. The monoisotopic (exact) mass is 496 g/mol. The maximum absolute atomic E-state index is 12.5. The summed E-state index contributed by atoms with van der Waals surface area (Å²) >= 11 is 7.76. The Balaban J connectivity index is 1.67. The molecule has 0 aliphatic heterocycles. The Morgan fingerprint density at radius 3 is 2.59 bits per heavy atom. The van der Waals surface area contributed by atoms with Crippen molar-refractivity contribution in [3.05, 3.63) is 44.5 Å². The molecular weight excluding hydrogens is 480 g/mol. The number of aromatic nitrogens is 3. The average molecular weight is 497 g/mol. The zero-order valence-electron chi connectivity index (χ0n) is 16.7. The number of carbonyl (C=O) groups excluding carboxylic acids is 2. The highest BCUT2D eigenvalue weighted by Gasteiger charge is 2.16. The van der Waals surface area contributed by atoms with Crippen LogP contribution in [0.5, 0.6) is 11.5 Å². The number of anilines is 3. The number of ether oxygens (including phenoxy) is 2. The van der Waals surface area contributed by atoms with Gasteiger partial charge in [0.2, 0.25) is 5.91 Å². The third kappa shape index (κ3) is 5.69. The first-order chi connectivity index (χ1) is 15.3. The molecule has 11 nitrogen and oxygen atoms in total. The number of H-pyrrole nitrogens is 1. The number of hydrogen-bond donors (Lipinski definition) is 4. The normalized spacial score (nSPS) is 10.5. The summed E-state index contributed by atoms with van der Waals surface area (Å²) in [5.41, 5.74) is 5.20. The van der Waals surface area contributed by atoms with Crippen LogP contribution in [0.15, 0.2) is 34.2 Å². The summed E-state index contributed by atoms with van der Waals surface area (Å²) in [4.78, 5) is 43.5. The third-order valence-corrected chi connectivity index (χ3v) is 5.67. The Morgan fingerprint density at radius 1 is 1.22 bits per heavy atom. The van der Waals surface area contributed by atoms with Crippen LogP contribution in [-0.2, 0) is 4.79 Å². The average Bonchev–Trinajstić information content (AvgIpc) is 3.18. The molecule has 0 bridgehead atoms. The van der Waals surface area contributed by atoms with Crippen molar-refractivity contribution in [2.75, 3.05) is 36.3 Å². The number of methoxy groups -OCH3 is 2. The quantitative estimate of drug-likeness (QED) is 0.271. The Morgan fingerprint density at radius 2 is 1.97 bits per heavy atom. The highest BCUT2D eigenvalue weighted by atomic mass is 35.5. The number of nitrogens with one attached hydrogen (secondary N) is 3. The number of nitrogens with two attached hydrogens (primary N) is 1. The fourth-order valence-electron chi connectivity index (χ4n) is 2.45. The molecule has 0 saturated carbocycles. The Bertz CT molecular complexity index is 1210. The highest BCUT2D eigenvalue weighted by Crippen LogP contribution is 2.28. The number of carbonyl (C=O) groups is 2. The largest absolute Gasteiger partial charge is 0.493 e. The van der Waals surface area contributed by atoms with Crippen molar-refractivity contribution in [2.45, 2.75) is 5.16 Å². The second-order valence-electron chi connectivity index (χ2n) is 6.01. The second kappa shape index (κ2) is 10.3. The molecule has 14 heteroatoms. The molecule has 168 valence electrons. The van der Waals surface area contributed by atoms with E-state index in [-0.39, 0.29) is 33.9 Å². The molecule has 0 spiro atoms.